The molecule has 1 atom stereocenters. The number of carbonyl (C=O) groups excluding carboxylic acids is 1. The van der Waals surface area contributed by atoms with Crippen molar-refractivity contribution in [2.45, 2.75) is 37.1 Å². The molecule has 7 nitrogen and oxygen atoms in total. The largest absolute Gasteiger partial charge is 0.384 e. The van der Waals surface area contributed by atoms with Crippen molar-refractivity contribution in [2.24, 2.45) is 0 Å². The van der Waals surface area contributed by atoms with Gasteiger partial charge in [0.15, 0.2) is 0 Å². The second-order valence-electron chi connectivity index (χ2n) is 9.05. The van der Waals surface area contributed by atoms with Crippen molar-refractivity contribution < 1.29 is 13.2 Å². The van der Waals surface area contributed by atoms with E-state index in [9.17, 15) is 13.2 Å². The summed E-state index contributed by atoms with van der Waals surface area (Å²) >= 11 is 6.04. The van der Waals surface area contributed by atoms with Crippen LogP contribution in [0.25, 0.3) is 10.9 Å². The first-order valence-corrected chi connectivity index (χ1v) is 14.4. The van der Waals surface area contributed by atoms with Gasteiger partial charge < -0.3 is 10.6 Å². The molecule has 4 aromatic rings. The predicted molar refractivity (Wildman–Crippen MR) is 153 cm³/mol. The molecule has 3 N–H and O–H groups in total. The molecule has 0 saturated carbocycles. The van der Waals surface area contributed by atoms with Gasteiger partial charge in [-0.15, -0.1) is 0 Å². The van der Waals surface area contributed by atoms with Crippen LogP contribution in [0.4, 0.5) is 5.69 Å². The summed E-state index contributed by atoms with van der Waals surface area (Å²) in [5, 5.41) is 7.98. The monoisotopic (exact) mass is 550 g/mol. The van der Waals surface area contributed by atoms with Crippen LogP contribution in [0.1, 0.15) is 36.9 Å². The first-order valence-electron chi connectivity index (χ1n) is 12.5. The number of nitrogens with one attached hydrogen (secondary N) is 3. The molecule has 4 rings (SSSR count). The molecule has 9 heteroatoms. The highest BCUT2D eigenvalue weighted by atomic mass is 35.5. The Morgan fingerprint density at radius 2 is 1.74 bits per heavy atom. The summed E-state index contributed by atoms with van der Waals surface area (Å²) in [5.41, 5.74) is 3.61. The summed E-state index contributed by atoms with van der Waals surface area (Å²) in [6.45, 7) is 3.07. The summed E-state index contributed by atoms with van der Waals surface area (Å²) in [4.78, 5) is 16.8. The van der Waals surface area contributed by atoms with Crippen LogP contribution in [0, 0.1) is 0 Å². The number of nitrogens with zero attached hydrogens (tertiary/aromatic N) is 1. The Morgan fingerprint density at radius 3 is 2.50 bits per heavy atom. The fraction of sp³-hybridized carbons (Fsp3) is 0.241. The van der Waals surface area contributed by atoms with Crippen LogP contribution >= 0.6 is 11.6 Å². The highest BCUT2D eigenvalue weighted by Crippen LogP contribution is 2.24. The van der Waals surface area contributed by atoms with Crippen LogP contribution in [0.5, 0.6) is 0 Å². The molecule has 0 aliphatic heterocycles. The van der Waals surface area contributed by atoms with Crippen LogP contribution in [0.15, 0.2) is 90.0 Å². The van der Waals surface area contributed by atoms with Gasteiger partial charge in [0.2, 0.25) is 15.9 Å². The van der Waals surface area contributed by atoms with E-state index in [4.69, 9.17) is 11.6 Å². The number of hydrogen-bond donors (Lipinski definition) is 3. The normalized spacial score (nSPS) is 12.3. The molecule has 1 heterocycles. The summed E-state index contributed by atoms with van der Waals surface area (Å²) in [6, 6.07) is 23.3. The lowest BCUT2D eigenvalue weighted by Crippen LogP contribution is -2.27. The number of fused-ring (bicyclic) bond motifs is 1. The topological polar surface area (TPSA) is 100 Å². The molecular formula is C29H31ClN4O3S. The van der Waals surface area contributed by atoms with Gasteiger partial charge in [0, 0.05) is 47.8 Å². The van der Waals surface area contributed by atoms with Crippen molar-refractivity contribution in [3.63, 3.8) is 0 Å². The molecule has 1 aromatic heterocycles. The number of halogens is 1. The van der Waals surface area contributed by atoms with Gasteiger partial charge in [-0.1, -0.05) is 54.1 Å². The minimum absolute atomic E-state index is 0.0379. The number of pyridine rings is 1. The average Bonchev–Trinajstić information content (AvgIpc) is 2.92. The summed E-state index contributed by atoms with van der Waals surface area (Å²) in [6.07, 6.45) is 3.37. The molecule has 0 spiro atoms. The maximum Gasteiger partial charge on any atom is 0.241 e. The van der Waals surface area contributed by atoms with Gasteiger partial charge in [-0.3, -0.25) is 9.78 Å². The summed E-state index contributed by atoms with van der Waals surface area (Å²) in [5.74, 6) is -0.0379. The van der Waals surface area contributed by atoms with Crippen LogP contribution < -0.4 is 15.4 Å². The first kappa shape index (κ1) is 27.6. The Hall–Kier alpha value is -3.46. The van der Waals surface area contributed by atoms with Gasteiger partial charge in [-0.25, -0.2) is 13.1 Å². The van der Waals surface area contributed by atoms with Gasteiger partial charge in [0.25, 0.3) is 0 Å². The van der Waals surface area contributed by atoms with E-state index in [-0.39, 0.29) is 16.8 Å². The highest BCUT2D eigenvalue weighted by molar-refractivity contribution is 7.89. The average molecular weight is 551 g/mol. The third-order valence-corrected chi connectivity index (χ3v) is 7.99. The fourth-order valence-corrected chi connectivity index (χ4v) is 5.51. The summed E-state index contributed by atoms with van der Waals surface area (Å²) < 4.78 is 28.2. The SMILES string of the molecule is C[C@@H](NS(=O)(=O)c1ccc(CCC(=O)NCCCNc2ccnc3cc(Cl)ccc23)cc1)c1ccccc1. The van der Waals surface area contributed by atoms with Crippen molar-refractivity contribution >= 4 is 44.1 Å². The van der Waals surface area contributed by atoms with E-state index in [0.29, 0.717) is 31.0 Å². The molecule has 0 fully saturated rings. The van der Waals surface area contributed by atoms with E-state index in [1.165, 1.54) is 0 Å². The second-order valence-corrected chi connectivity index (χ2v) is 11.2. The molecular weight excluding hydrogens is 520 g/mol. The van der Waals surface area contributed by atoms with Gasteiger partial charge in [-0.2, -0.15) is 0 Å². The molecule has 0 radical (unpaired) electrons. The van der Waals surface area contributed by atoms with E-state index in [1.807, 2.05) is 61.5 Å². The minimum Gasteiger partial charge on any atom is -0.384 e. The van der Waals surface area contributed by atoms with Crippen LogP contribution in [0.2, 0.25) is 5.02 Å². The number of hydrogen-bond acceptors (Lipinski definition) is 5. The maximum atomic E-state index is 12.7. The zero-order chi connectivity index (χ0) is 27.0. The Balaban J connectivity index is 1.18. The smallest absolute Gasteiger partial charge is 0.241 e. The van der Waals surface area contributed by atoms with E-state index < -0.39 is 10.0 Å². The lowest BCUT2D eigenvalue weighted by Gasteiger charge is -2.15. The number of amides is 1. The van der Waals surface area contributed by atoms with Crippen LogP contribution in [-0.2, 0) is 21.2 Å². The Bertz CT molecular complexity index is 1480. The molecule has 0 aliphatic rings. The van der Waals surface area contributed by atoms with Gasteiger partial charge in [0.05, 0.1) is 10.4 Å². The molecule has 3 aromatic carbocycles. The molecule has 1 amide bonds. The molecule has 0 unspecified atom stereocenters. The number of aryl methyl sites for hydroxylation is 1. The minimum atomic E-state index is -3.65. The third-order valence-electron chi connectivity index (χ3n) is 6.20. The fourth-order valence-electron chi connectivity index (χ4n) is 4.11. The number of anilines is 1. The van der Waals surface area contributed by atoms with E-state index in [2.05, 4.69) is 20.3 Å². The van der Waals surface area contributed by atoms with Gasteiger partial charge in [0.1, 0.15) is 0 Å². The zero-order valence-electron chi connectivity index (χ0n) is 21.2. The second kappa shape index (κ2) is 12.9. The third kappa shape index (κ3) is 7.54. The first-order chi connectivity index (χ1) is 18.3. The standard InChI is InChI=1S/C29H31ClN4O3S/c1-21(23-6-3-2-4-7-23)34-38(36,37)25-12-8-22(9-13-25)10-15-29(35)33-18-5-17-31-27-16-19-32-28-20-24(30)11-14-26(27)28/h2-4,6-9,11-14,16,19-21,34H,5,10,15,17-18H2,1H3,(H,31,32)(H,33,35)/t21-/m1/s1. The van der Waals surface area contributed by atoms with Crippen molar-refractivity contribution in [2.75, 3.05) is 18.4 Å². The number of rotatable bonds is 12. The lowest BCUT2D eigenvalue weighted by atomic mass is 10.1. The Morgan fingerprint density at radius 1 is 0.974 bits per heavy atom. The number of aromatic nitrogens is 1. The van der Waals surface area contributed by atoms with Crippen LogP contribution in [-0.4, -0.2) is 32.4 Å². The van der Waals surface area contributed by atoms with Crippen molar-refractivity contribution in [1.29, 1.82) is 0 Å². The van der Waals surface area contributed by atoms with Crippen molar-refractivity contribution in [3.05, 3.63) is 101 Å². The number of sulfonamides is 1. The van der Waals surface area contributed by atoms with Gasteiger partial charge in [-0.05, 0) is 67.3 Å². The molecule has 0 saturated heterocycles. The molecule has 38 heavy (non-hydrogen) atoms. The van der Waals surface area contributed by atoms with Crippen LogP contribution in [0.3, 0.4) is 0 Å². The lowest BCUT2D eigenvalue weighted by molar-refractivity contribution is -0.121. The number of benzene rings is 3. The van der Waals surface area contributed by atoms with E-state index in [0.717, 1.165) is 34.1 Å². The quantitative estimate of drug-likeness (QED) is 0.203. The zero-order valence-corrected chi connectivity index (χ0v) is 22.7. The number of carbonyl (C=O) groups is 1. The Kier molecular flexibility index (Phi) is 9.33. The summed E-state index contributed by atoms with van der Waals surface area (Å²) in [7, 11) is -3.65. The van der Waals surface area contributed by atoms with Gasteiger partial charge >= 0.3 is 0 Å². The van der Waals surface area contributed by atoms with E-state index in [1.54, 1.807) is 30.5 Å². The molecule has 198 valence electrons. The van der Waals surface area contributed by atoms with Crippen molar-refractivity contribution in [1.82, 2.24) is 15.0 Å². The van der Waals surface area contributed by atoms with E-state index >= 15 is 0 Å². The molecule has 0 bridgehead atoms. The predicted octanol–water partition coefficient (Wildman–Crippen LogP) is 5.48. The van der Waals surface area contributed by atoms with Crippen molar-refractivity contribution in [3.8, 4) is 0 Å². The highest BCUT2D eigenvalue weighted by Gasteiger charge is 2.18. The maximum absolute atomic E-state index is 12.7. The Labute approximate surface area is 228 Å². The molecule has 0 aliphatic carbocycles.